The fourth-order valence-electron chi connectivity index (χ4n) is 4.34. The summed E-state index contributed by atoms with van der Waals surface area (Å²) in [7, 11) is 0. The van der Waals surface area contributed by atoms with E-state index in [1.807, 2.05) is 18.2 Å². The Kier molecular flexibility index (Phi) is 1.97. The van der Waals surface area contributed by atoms with Gasteiger partial charge in [0.25, 0.3) is 0 Å². The molecule has 3 nitrogen and oxygen atoms in total. The third-order valence-corrected chi connectivity index (χ3v) is 4.98. The van der Waals surface area contributed by atoms with Crippen molar-refractivity contribution in [1.29, 1.82) is 0 Å². The average Bonchev–Trinajstić information content (AvgIpc) is 3.03. The minimum Gasteiger partial charge on any atom is -0.393 e. The third-order valence-electron chi connectivity index (χ3n) is 4.98. The largest absolute Gasteiger partial charge is 0.393 e. The molecule has 0 amide bonds. The van der Waals surface area contributed by atoms with E-state index in [-0.39, 0.29) is 23.8 Å². The quantitative estimate of drug-likeness (QED) is 0.559. The van der Waals surface area contributed by atoms with Gasteiger partial charge in [0.15, 0.2) is 0 Å². The Morgan fingerprint density at radius 3 is 2.44 bits per heavy atom. The van der Waals surface area contributed by atoms with Crippen LogP contribution in [0.2, 0.25) is 0 Å². The van der Waals surface area contributed by atoms with Gasteiger partial charge in [0.2, 0.25) is 0 Å². The molecule has 4 rings (SSSR count). The molecule has 1 heterocycles. The minimum atomic E-state index is -0.280. The molecule has 0 spiro atoms. The number of carbonyl (C=O) groups excluding carboxylic acids is 2. The maximum Gasteiger partial charge on any atom is 0.317 e. The molecule has 2 bridgehead atoms. The van der Waals surface area contributed by atoms with E-state index in [4.69, 9.17) is 4.74 Å². The molecule has 2 unspecified atom stereocenters. The first-order valence-electron chi connectivity index (χ1n) is 6.56. The summed E-state index contributed by atoms with van der Waals surface area (Å²) in [4.78, 5) is 23.4. The highest BCUT2D eigenvalue weighted by Gasteiger charge is 2.62. The van der Waals surface area contributed by atoms with Gasteiger partial charge in [-0.3, -0.25) is 9.59 Å². The highest BCUT2D eigenvalue weighted by molar-refractivity contribution is 5.97. The Hall–Kier alpha value is -1.64. The van der Waals surface area contributed by atoms with E-state index in [1.54, 1.807) is 0 Å². The van der Waals surface area contributed by atoms with E-state index in [9.17, 15) is 9.59 Å². The molecule has 1 aromatic carbocycles. The van der Waals surface area contributed by atoms with Crippen LogP contribution >= 0.6 is 0 Å². The van der Waals surface area contributed by atoms with E-state index < -0.39 is 0 Å². The number of cyclic esters (lactones) is 2. The number of hydrogen-bond donors (Lipinski definition) is 0. The van der Waals surface area contributed by atoms with Gasteiger partial charge in [-0.05, 0) is 36.2 Å². The summed E-state index contributed by atoms with van der Waals surface area (Å²) >= 11 is 0. The Balaban J connectivity index is 1.70. The third kappa shape index (κ3) is 1.19. The molecule has 2 aliphatic carbocycles. The molecule has 0 radical (unpaired) electrons. The van der Waals surface area contributed by atoms with Crippen LogP contribution < -0.4 is 0 Å². The Bertz CT molecular complexity index is 522. The molecule has 0 aromatic heterocycles. The first kappa shape index (κ1) is 10.3. The molecule has 3 aliphatic rings. The van der Waals surface area contributed by atoms with Gasteiger partial charge in [-0.15, -0.1) is 0 Å². The van der Waals surface area contributed by atoms with Crippen molar-refractivity contribution in [3.05, 3.63) is 35.9 Å². The van der Waals surface area contributed by atoms with Crippen LogP contribution in [0.5, 0.6) is 0 Å². The van der Waals surface area contributed by atoms with Crippen molar-refractivity contribution in [2.75, 3.05) is 0 Å². The number of esters is 2. The van der Waals surface area contributed by atoms with Crippen molar-refractivity contribution in [3.8, 4) is 0 Å². The van der Waals surface area contributed by atoms with E-state index in [0.717, 1.165) is 12.8 Å². The second-order valence-electron chi connectivity index (χ2n) is 5.70. The van der Waals surface area contributed by atoms with Crippen molar-refractivity contribution in [1.82, 2.24) is 0 Å². The van der Waals surface area contributed by atoms with Crippen LogP contribution in [0.25, 0.3) is 0 Å². The fourth-order valence-corrected chi connectivity index (χ4v) is 4.34. The van der Waals surface area contributed by atoms with Crippen LogP contribution in [-0.4, -0.2) is 11.9 Å². The average molecular weight is 242 g/mol. The van der Waals surface area contributed by atoms with E-state index in [2.05, 4.69) is 12.1 Å². The monoisotopic (exact) mass is 242 g/mol. The number of rotatable bonds is 1. The zero-order valence-corrected chi connectivity index (χ0v) is 9.91. The summed E-state index contributed by atoms with van der Waals surface area (Å²) in [5, 5.41) is 0. The lowest BCUT2D eigenvalue weighted by Crippen LogP contribution is -2.29. The van der Waals surface area contributed by atoms with Crippen LogP contribution in [0.4, 0.5) is 0 Å². The zero-order chi connectivity index (χ0) is 12.3. The van der Waals surface area contributed by atoms with Crippen LogP contribution in [0.3, 0.4) is 0 Å². The molecule has 1 aromatic rings. The van der Waals surface area contributed by atoms with Crippen molar-refractivity contribution < 1.29 is 14.3 Å². The number of ether oxygens (including phenoxy) is 1. The molecule has 0 N–H and O–H groups in total. The summed E-state index contributed by atoms with van der Waals surface area (Å²) in [6.45, 7) is 0. The van der Waals surface area contributed by atoms with Gasteiger partial charge in [0, 0.05) is 0 Å². The van der Waals surface area contributed by atoms with E-state index in [1.165, 1.54) is 5.56 Å². The first-order valence-corrected chi connectivity index (χ1v) is 6.56. The predicted octanol–water partition coefficient (Wildman–Crippen LogP) is 2.13. The van der Waals surface area contributed by atoms with E-state index >= 15 is 0 Å². The first-order chi connectivity index (χ1) is 8.75. The number of benzene rings is 1. The van der Waals surface area contributed by atoms with Crippen molar-refractivity contribution in [3.63, 3.8) is 0 Å². The molecule has 1 aliphatic heterocycles. The van der Waals surface area contributed by atoms with Crippen molar-refractivity contribution in [2.45, 2.75) is 18.8 Å². The molecule has 3 fully saturated rings. The second-order valence-corrected chi connectivity index (χ2v) is 5.70. The highest BCUT2D eigenvalue weighted by Crippen LogP contribution is 2.61. The topological polar surface area (TPSA) is 43.4 Å². The van der Waals surface area contributed by atoms with Crippen molar-refractivity contribution >= 4 is 11.9 Å². The molecule has 18 heavy (non-hydrogen) atoms. The maximum absolute atomic E-state index is 11.8. The highest BCUT2D eigenvalue weighted by atomic mass is 16.6. The van der Waals surface area contributed by atoms with Crippen LogP contribution in [-0.2, 0) is 14.3 Å². The van der Waals surface area contributed by atoms with Crippen LogP contribution in [0.1, 0.15) is 24.3 Å². The molecule has 1 saturated heterocycles. The Labute approximate surface area is 105 Å². The van der Waals surface area contributed by atoms with Gasteiger partial charge in [-0.2, -0.15) is 0 Å². The second kappa shape index (κ2) is 3.44. The molecular weight excluding hydrogens is 228 g/mol. The molecular formula is C15H14O3. The molecule has 92 valence electrons. The maximum atomic E-state index is 11.8. The molecule has 3 heteroatoms. The number of hydrogen-bond acceptors (Lipinski definition) is 3. The smallest absolute Gasteiger partial charge is 0.317 e. The Morgan fingerprint density at radius 2 is 1.67 bits per heavy atom. The fraction of sp³-hybridized carbons (Fsp3) is 0.467. The van der Waals surface area contributed by atoms with Crippen molar-refractivity contribution in [2.24, 2.45) is 23.7 Å². The summed E-state index contributed by atoms with van der Waals surface area (Å²) in [5.74, 6) is 0.229. The number of fused-ring (bicyclic) bond motifs is 5. The standard InChI is InChI=1S/C15H14O3/c16-14-12-9-6-10(8-4-2-1-3-5-8)11(7-9)13(12)15(17)18-14/h1-5,9-13H,6-7H2/t9?,10-,11?,12-,13+/m0/s1. The van der Waals surface area contributed by atoms with Crippen LogP contribution in [0.15, 0.2) is 30.3 Å². The minimum absolute atomic E-state index is 0.137. The summed E-state index contributed by atoms with van der Waals surface area (Å²) in [6.07, 6.45) is 2.04. The lowest BCUT2D eigenvalue weighted by atomic mass is 9.73. The number of carbonyl (C=O) groups is 2. The normalized spacial score (nSPS) is 41.0. The van der Waals surface area contributed by atoms with E-state index in [0.29, 0.717) is 17.8 Å². The lowest BCUT2D eigenvalue weighted by molar-refractivity contribution is -0.154. The molecule has 5 atom stereocenters. The van der Waals surface area contributed by atoms with Gasteiger partial charge in [0.1, 0.15) is 0 Å². The van der Waals surface area contributed by atoms with Crippen LogP contribution in [0, 0.1) is 23.7 Å². The summed E-state index contributed by atoms with van der Waals surface area (Å²) in [5.41, 5.74) is 1.30. The van der Waals surface area contributed by atoms with Gasteiger partial charge >= 0.3 is 11.9 Å². The summed E-state index contributed by atoms with van der Waals surface area (Å²) in [6, 6.07) is 10.3. The predicted molar refractivity (Wildman–Crippen MR) is 63.5 cm³/mol. The zero-order valence-electron chi connectivity index (χ0n) is 9.91. The van der Waals surface area contributed by atoms with Gasteiger partial charge in [-0.1, -0.05) is 30.3 Å². The van der Waals surface area contributed by atoms with Gasteiger partial charge in [0.05, 0.1) is 11.8 Å². The van der Waals surface area contributed by atoms with Gasteiger partial charge in [-0.25, -0.2) is 0 Å². The molecule has 2 saturated carbocycles. The van der Waals surface area contributed by atoms with Gasteiger partial charge < -0.3 is 4.74 Å². The lowest BCUT2D eigenvalue weighted by Gasteiger charge is -2.27. The summed E-state index contributed by atoms with van der Waals surface area (Å²) < 4.78 is 4.82. The Morgan fingerprint density at radius 1 is 0.944 bits per heavy atom. The SMILES string of the molecule is O=C1OC(=O)[C@H]2C3CC([C@@H]12)[C@H](c1ccccc1)C3.